The Morgan fingerprint density at radius 2 is 2.00 bits per heavy atom. The van der Waals surface area contributed by atoms with Crippen LogP contribution in [0, 0.1) is 11.6 Å². The zero-order chi connectivity index (χ0) is 15.4. The van der Waals surface area contributed by atoms with Crippen molar-refractivity contribution >= 4 is 15.9 Å². The third kappa shape index (κ3) is 3.60. The molecule has 0 amide bonds. The summed E-state index contributed by atoms with van der Waals surface area (Å²) in [4.78, 5) is 0. The van der Waals surface area contributed by atoms with Gasteiger partial charge >= 0.3 is 0 Å². The highest BCUT2D eigenvalue weighted by Crippen LogP contribution is 2.27. The van der Waals surface area contributed by atoms with E-state index in [0.717, 1.165) is 5.56 Å². The normalized spacial score (nSPS) is 12.2. The van der Waals surface area contributed by atoms with Crippen molar-refractivity contribution in [3.8, 4) is 5.75 Å². The molecule has 21 heavy (non-hydrogen) atoms. The minimum atomic E-state index is -0.557. The first-order valence-corrected chi connectivity index (χ1v) is 7.29. The van der Waals surface area contributed by atoms with Crippen LogP contribution < -0.4 is 10.1 Å². The molecule has 2 nitrogen and oxygen atoms in total. The van der Waals surface area contributed by atoms with Gasteiger partial charge in [0.2, 0.25) is 0 Å². The molecule has 112 valence electrons. The predicted octanol–water partition coefficient (Wildman–Crippen LogP) is 4.24. The van der Waals surface area contributed by atoms with Crippen molar-refractivity contribution in [1.29, 1.82) is 0 Å². The maximum absolute atomic E-state index is 14.1. The summed E-state index contributed by atoms with van der Waals surface area (Å²) in [5, 5.41) is 3.09. The van der Waals surface area contributed by atoms with Gasteiger partial charge in [-0.25, -0.2) is 8.78 Å². The van der Waals surface area contributed by atoms with Crippen molar-refractivity contribution in [2.45, 2.75) is 12.5 Å². The van der Waals surface area contributed by atoms with Crippen LogP contribution in [0.2, 0.25) is 0 Å². The number of benzene rings is 2. The largest absolute Gasteiger partial charge is 0.497 e. The molecule has 0 aliphatic heterocycles. The summed E-state index contributed by atoms with van der Waals surface area (Å²) < 4.78 is 33.4. The second-order valence-corrected chi connectivity index (χ2v) is 5.50. The second-order valence-electron chi connectivity index (χ2n) is 4.64. The molecule has 0 saturated heterocycles. The van der Waals surface area contributed by atoms with E-state index < -0.39 is 11.6 Å². The molecule has 2 rings (SSSR count). The number of likely N-dealkylation sites (N-methyl/N-ethyl adjacent to an activating group) is 1. The fraction of sp³-hybridized carbons (Fsp3) is 0.250. The lowest BCUT2D eigenvalue weighted by Crippen LogP contribution is -2.20. The minimum absolute atomic E-state index is 0.0616. The average molecular weight is 356 g/mol. The number of halogens is 3. The first-order valence-electron chi connectivity index (χ1n) is 6.50. The van der Waals surface area contributed by atoms with Crippen LogP contribution >= 0.6 is 15.9 Å². The number of ether oxygens (including phenoxy) is 1. The van der Waals surface area contributed by atoms with Crippen LogP contribution in [-0.2, 0) is 6.42 Å². The molecule has 0 aliphatic rings. The van der Waals surface area contributed by atoms with Gasteiger partial charge in [0.05, 0.1) is 11.6 Å². The van der Waals surface area contributed by atoms with Crippen molar-refractivity contribution in [2.75, 3.05) is 14.2 Å². The van der Waals surface area contributed by atoms with Gasteiger partial charge in [-0.1, -0.05) is 12.1 Å². The van der Waals surface area contributed by atoms with Crippen LogP contribution in [0.1, 0.15) is 17.2 Å². The Labute approximate surface area is 131 Å². The van der Waals surface area contributed by atoms with E-state index in [1.807, 2.05) is 24.3 Å². The van der Waals surface area contributed by atoms with Gasteiger partial charge in [0.15, 0.2) is 0 Å². The lowest BCUT2D eigenvalue weighted by atomic mass is 9.98. The van der Waals surface area contributed by atoms with Gasteiger partial charge in [0.1, 0.15) is 17.4 Å². The van der Waals surface area contributed by atoms with E-state index in [9.17, 15) is 8.78 Å². The highest BCUT2D eigenvalue weighted by molar-refractivity contribution is 9.10. The van der Waals surface area contributed by atoms with Crippen molar-refractivity contribution in [2.24, 2.45) is 0 Å². The quantitative estimate of drug-likeness (QED) is 0.810. The maximum Gasteiger partial charge on any atom is 0.143 e. The molecule has 1 unspecified atom stereocenters. The number of hydrogen-bond donors (Lipinski definition) is 1. The van der Waals surface area contributed by atoms with E-state index in [0.29, 0.717) is 5.75 Å². The van der Waals surface area contributed by atoms with Gasteiger partial charge in [-0.3, -0.25) is 0 Å². The van der Waals surface area contributed by atoms with E-state index in [4.69, 9.17) is 4.74 Å². The summed E-state index contributed by atoms with van der Waals surface area (Å²) in [6, 6.07) is 9.86. The summed E-state index contributed by atoms with van der Waals surface area (Å²) in [7, 11) is 3.35. The number of nitrogens with one attached hydrogen (secondary N) is 1. The number of rotatable bonds is 5. The molecule has 0 heterocycles. The topological polar surface area (TPSA) is 21.3 Å². The van der Waals surface area contributed by atoms with Gasteiger partial charge in [0, 0.05) is 11.6 Å². The molecule has 0 spiro atoms. The van der Waals surface area contributed by atoms with Crippen LogP contribution in [-0.4, -0.2) is 14.2 Å². The van der Waals surface area contributed by atoms with E-state index in [1.54, 1.807) is 14.2 Å². The van der Waals surface area contributed by atoms with Crippen molar-refractivity contribution in [1.82, 2.24) is 5.32 Å². The SMILES string of the molecule is CNC(Cc1c(F)ccc(Br)c1F)c1cccc(OC)c1. The minimum Gasteiger partial charge on any atom is -0.497 e. The lowest BCUT2D eigenvalue weighted by molar-refractivity contribution is 0.413. The second kappa shape index (κ2) is 7.00. The molecule has 5 heteroatoms. The smallest absolute Gasteiger partial charge is 0.143 e. The Morgan fingerprint density at radius 1 is 1.24 bits per heavy atom. The molecule has 0 bridgehead atoms. The molecule has 0 aliphatic carbocycles. The Morgan fingerprint density at radius 3 is 2.67 bits per heavy atom. The maximum atomic E-state index is 14.1. The van der Waals surface area contributed by atoms with Crippen LogP contribution in [0.3, 0.4) is 0 Å². The molecular weight excluding hydrogens is 340 g/mol. The van der Waals surface area contributed by atoms with Gasteiger partial charge in [-0.05, 0) is 59.2 Å². The Hall–Kier alpha value is -1.46. The van der Waals surface area contributed by atoms with Gasteiger partial charge in [-0.15, -0.1) is 0 Å². The Kier molecular flexibility index (Phi) is 5.31. The van der Waals surface area contributed by atoms with E-state index in [-0.39, 0.29) is 22.5 Å². The summed E-state index contributed by atoms with van der Waals surface area (Å²) in [5.74, 6) is -0.389. The molecule has 1 atom stereocenters. The Bertz CT molecular complexity index is 634. The highest BCUT2D eigenvalue weighted by atomic mass is 79.9. The van der Waals surface area contributed by atoms with Crippen LogP contribution in [0.15, 0.2) is 40.9 Å². The van der Waals surface area contributed by atoms with Gasteiger partial charge < -0.3 is 10.1 Å². The predicted molar refractivity (Wildman–Crippen MR) is 82.6 cm³/mol. The molecule has 2 aromatic rings. The highest BCUT2D eigenvalue weighted by Gasteiger charge is 2.18. The van der Waals surface area contributed by atoms with Crippen LogP contribution in [0.5, 0.6) is 5.75 Å². The zero-order valence-corrected chi connectivity index (χ0v) is 13.4. The summed E-state index contributed by atoms with van der Waals surface area (Å²) >= 11 is 3.09. The number of hydrogen-bond acceptors (Lipinski definition) is 2. The fourth-order valence-corrected chi connectivity index (χ4v) is 2.58. The summed E-state index contributed by atoms with van der Waals surface area (Å²) in [6.45, 7) is 0. The first kappa shape index (κ1) is 15.9. The van der Waals surface area contributed by atoms with Crippen molar-refractivity contribution in [3.05, 3.63) is 63.6 Å². The molecule has 0 saturated carbocycles. The summed E-state index contributed by atoms with van der Waals surface area (Å²) in [6.07, 6.45) is 0.209. The lowest BCUT2D eigenvalue weighted by Gasteiger charge is -2.18. The van der Waals surface area contributed by atoms with Gasteiger partial charge in [0.25, 0.3) is 0 Å². The molecule has 0 aromatic heterocycles. The Balaban J connectivity index is 2.33. The summed E-state index contributed by atoms with van der Waals surface area (Å²) in [5.41, 5.74) is 0.974. The third-order valence-corrected chi connectivity index (χ3v) is 4.00. The van der Waals surface area contributed by atoms with E-state index in [2.05, 4.69) is 21.2 Å². The van der Waals surface area contributed by atoms with E-state index in [1.165, 1.54) is 12.1 Å². The standard InChI is InChI=1S/C16H16BrF2NO/c1-20-15(10-4-3-5-11(8-10)21-2)9-12-14(18)7-6-13(17)16(12)19/h3-8,15,20H,9H2,1-2H3. The van der Waals surface area contributed by atoms with Crippen molar-refractivity contribution in [3.63, 3.8) is 0 Å². The van der Waals surface area contributed by atoms with Crippen molar-refractivity contribution < 1.29 is 13.5 Å². The molecular formula is C16H16BrF2NO. The molecule has 1 N–H and O–H groups in total. The third-order valence-electron chi connectivity index (χ3n) is 3.39. The average Bonchev–Trinajstić information content (AvgIpc) is 2.51. The zero-order valence-electron chi connectivity index (χ0n) is 11.8. The van der Waals surface area contributed by atoms with Crippen LogP contribution in [0.4, 0.5) is 8.78 Å². The molecule has 0 fully saturated rings. The molecule has 2 aromatic carbocycles. The van der Waals surface area contributed by atoms with Gasteiger partial charge in [-0.2, -0.15) is 0 Å². The monoisotopic (exact) mass is 355 g/mol. The molecule has 0 radical (unpaired) electrons. The first-order chi connectivity index (χ1) is 10.1. The van der Waals surface area contributed by atoms with Crippen LogP contribution in [0.25, 0.3) is 0 Å². The fourth-order valence-electron chi connectivity index (χ4n) is 2.21. The van der Waals surface area contributed by atoms with E-state index >= 15 is 0 Å². The number of methoxy groups -OCH3 is 1.